The fraction of sp³-hybridized carbons (Fsp3) is 0.222. The molecule has 0 aromatic heterocycles. The van der Waals surface area contributed by atoms with Gasteiger partial charge in [-0.05, 0) is 71.1 Å². The van der Waals surface area contributed by atoms with Crippen LogP contribution in [0.4, 0.5) is 15.8 Å². The van der Waals surface area contributed by atoms with E-state index < -0.39 is 18.6 Å². The Morgan fingerprint density at radius 1 is 0.778 bits per heavy atom. The van der Waals surface area contributed by atoms with Crippen LogP contribution in [0.15, 0.2) is 91.0 Å². The maximum Gasteiger partial charge on any atom is 0.338 e. The largest absolute Gasteiger partial charge is 0.454 e. The van der Waals surface area contributed by atoms with Crippen molar-refractivity contribution >= 4 is 34.9 Å². The number of fused-ring (bicyclic) bond motifs is 3. The number of para-hydroxylation sites is 1. The molecule has 8 nitrogen and oxygen atoms in total. The number of amides is 2. The number of ketones is 1. The number of benzene rings is 4. The molecule has 1 unspecified atom stereocenters. The fourth-order valence-corrected chi connectivity index (χ4v) is 6.52. The maximum atomic E-state index is 14.2. The van der Waals surface area contributed by atoms with E-state index >= 15 is 0 Å². The minimum absolute atomic E-state index is 0.0548. The number of carbonyl (C=O) groups is 4. The molecular weight excluding hydrogens is 573 g/mol. The van der Waals surface area contributed by atoms with E-state index in [1.54, 1.807) is 24.3 Å². The summed E-state index contributed by atoms with van der Waals surface area (Å²) in [5.41, 5.74) is 6.17. The van der Waals surface area contributed by atoms with Crippen LogP contribution in [0.2, 0.25) is 0 Å². The first-order valence-electron chi connectivity index (χ1n) is 15.0. The molecule has 0 saturated carbocycles. The monoisotopic (exact) mass is 603 g/mol. The van der Waals surface area contributed by atoms with Gasteiger partial charge in [0.25, 0.3) is 5.91 Å². The molecule has 2 saturated heterocycles. The maximum absolute atomic E-state index is 14.2. The van der Waals surface area contributed by atoms with Gasteiger partial charge in [-0.3, -0.25) is 19.3 Å². The summed E-state index contributed by atoms with van der Waals surface area (Å²) >= 11 is 0. The highest BCUT2D eigenvalue weighted by Gasteiger charge is 2.43. The molecule has 0 radical (unpaired) electrons. The summed E-state index contributed by atoms with van der Waals surface area (Å²) in [6.07, 6.45) is 0.812. The van der Waals surface area contributed by atoms with Crippen LogP contribution >= 0.6 is 0 Å². The fourth-order valence-electron chi connectivity index (χ4n) is 6.52. The Morgan fingerprint density at radius 2 is 1.47 bits per heavy atom. The van der Waals surface area contributed by atoms with Crippen molar-refractivity contribution in [2.75, 3.05) is 42.6 Å². The molecule has 4 aromatic carbocycles. The van der Waals surface area contributed by atoms with Crippen LogP contribution in [-0.2, 0) is 20.7 Å². The highest BCUT2D eigenvalue weighted by atomic mass is 19.1. The van der Waals surface area contributed by atoms with Gasteiger partial charge in [-0.2, -0.15) is 0 Å². The second kappa shape index (κ2) is 11.7. The van der Waals surface area contributed by atoms with E-state index in [1.165, 1.54) is 41.5 Å². The average molecular weight is 604 g/mol. The third-order valence-corrected chi connectivity index (χ3v) is 8.88. The van der Waals surface area contributed by atoms with E-state index in [0.29, 0.717) is 43.1 Å². The third-order valence-electron chi connectivity index (χ3n) is 8.88. The molecule has 45 heavy (non-hydrogen) atoms. The Balaban J connectivity index is 0.944. The van der Waals surface area contributed by atoms with Crippen LogP contribution in [0.1, 0.15) is 38.3 Å². The van der Waals surface area contributed by atoms with E-state index in [1.807, 2.05) is 34.1 Å². The predicted molar refractivity (Wildman–Crippen MR) is 167 cm³/mol. The zero-order chi connectivity index (χ0) is 31.1. The third kappa shape index (κ3) is 5.40. The summed E-state index contributed by atoms with van der Waals surface area (Å²) in [7, 11) is 0. The number of hydrogen-bond acceptors (Lipinski definition) is 7. The minimum Gasteiger partial charge on any atom is -0.454 e. The number of ether oxygens (including phenoxy) is 1. The lowest BCUT2D eigenvalue weighted by atomic mass is 10.0. The average Bonchev–Trinajstić information content (AvgIpc) is 3.59. The number of nitrogens with zero attached hydrogens (tertiary/aromatic N) is 3. The quantitative estimate of drug-likeness (QED) is 0.149. The molecule has 226 valence electrons. The summed E-state index contributed by atoms with van der Waals surface area (Å²) in [5.74, 6) is -1.90. The van der Waals surface area contributed by atoms with Crippen molar-refractivity contribution < 1.29 is 28.3 Å². The summed E-state index contributed by atoms with van der Waals surface area (Å²) in [5, 5.41) is 0. The van der Waals surface area contributed by atoms with Crippen LogP contribution in [0, 0.1) is 5.82 Å². The molecule has 0 bridgehead atoms. The first-order chi connectivity index (χ1) is 21.9. The van der Waals surface area contributed by atoms with Gasteiger partial charge in [0.15, 0.2) is 12.4 Å². The van der Waals surface area contributed by atoms with E-state index in [9.17, 15) is 23.6 Å². The van der Waals surface area contributed by atoms with Gasteiger partial charge in [-0.15, -0.1) is 0 Å². The van der Waals surface area contributed by atoms with E-state index in [2.05, 4.69) is 12.1 Å². The molecule has 2 amide bonds. The van der Waals surface area contributed by atoms with Crippen molar-refractivity contribution in [2.24, 2.45) is 0 Å². The topological polar surface area (TPSA) is 87.2 Å². The lowest BCUT2D eigenvalue weighted by molar-refractivity contribution is -0.123. The van der Waals surface area contributed by atoms with Crippen LogP contribution in [0.5, 0.6) is 0 Å². The Hall–Kier alpha value is -5.15. The van der Waals surface area contributed by atoms with E-state index in [-0.39, 0.29) is 35.4 Å². The van der Waals surface area contributed by atoms with Crippen LogP contribution in [0.3, 0.4) is 0 Å². The van der Waals surface area contributed by atoms with Crippen LogP contribution in [-0.4, -0.2) is 67.3 Å². The first-order valence-corrected chi connectivity index (χ1v) is 15.0. The Kier molecular flexibility index (Phi) is 7.47. The second-order valence-corrected chi connectivity index (χ2v) is 11.5. The lowest BCUT2D eigenvalue weighted by Crippen LogP contribution is -2.52. The summed E-state index contributed by atoms with van der Waals surface area (Å²) < 4.78 is 19.5. The van der Waals surface area contributed by atoms with Gasteiger partial charge in [-0.1, -0.05) is 48.5 Å². The minimum atomic E-state index is -0.673. The highest BCUT2D eigenvalue weighted by molar-refractivity contribution is 6.22. The zero-order valence-corrected chi connectivity index (χ0v) is 24.4. The molecule has 4 aromatic rings. The number of Topliss-reactive ketones (excluding diaryl/α,β-unsaturated/α-hetero) is 1. The number of rotatable bonds is 7. The van der Waals surface area contributed by atoms with Gasteiger partial charge in [0.1, 0.15) is 5.82 Å². The summed E-state index contributed by atoms with van der Waals surface area (Å²) in [4.78, 5) is 56.9. The van der Waals surface area contributed by atoms with Crippen molar-refractivity contribution in [3.05, 3.63) is 119 Å². The van der Waals surface area contributed by atoms with Crippen LogP contribution in [0.25, 0.3) is 11.1 Å². The highest BCUT2D eigenvalue weighted by Crippen LogP contribution is 2.37. The lowest BCUT2D eigenvalue weighted by Gasteiger charge is -2.38. The molecule has 0 N–H and O–H groups in total. The molecule has 1 aliphatic carbocycles. The SMILES string of the molecule is O=C(COC(=O)c1ccc(N2C(=O)CC(N3CCN(c4ccccc4F)CC3)C2=O)cc1)c1ccc2c(c1)Cc1ccccc1-2. The first kappa shape index (κ1) is 28.6. The van der Waals surface area contributed by atoms with Crippen molar-refractivity contribution in [1.82, 2.24) is 4.90 Å². The molecule has 2 aliphatic heterocycles. The van der Waals surface area contributed by atoms with Gasteiger partial charge >= 0.3 is 5.97 Å². The van der Waals surface area contributed by atoms with Crippen molar-refractivity contribution in [2.45, 2.75) is 18.9 Å². The Labute approximate surface area is 259 Å². The van der Waals surface area contributed by atoms with Gasteiger partial charge in [0, 0.05) is 31.7 Å². The number of carbonyl (C=O) groups excluding carboxylic acids is 4. The van der Waals surface area contributed by atoms with Gasteiger partial charge in [0.2, 0.25) is 5.91 Å². The van der Waals surface area contributed by atoms with Gasteiger partial charge < -0.3 is 9.64 Å². The van der Waals surface area contributed by atoms with E-state index in [4.69, 9.17) is 4.74 Å². The van der Waals surface area contributed by atoms with Crippen molar-refractivity contribution in [3.8, 4) is 11.1 Å². The number of esters is 1. The standard InChI is InChI=1S/C36H30FN3O5/c37-30-7-3-4-8-31(30)38-15-17-39(18-16-38)32-21-34(42)40(35(32)43)27-12-9-23(10-13-27)36(44)45-22-33(41)25-11-14-29-26(20-25)19-24-5-1-2-6-28(24)29/h1-14,20,32H,15-19,21-22H2. The molecular formula is C36H30FN3O5. The molecule has 1 atom stereocenters. The molecule has 7 rings (SSSR count). The molecule has 2 heterocycles. The summed E-state index contributed by atoms with van der Waals surface area (Å²) in [6, 6.07) is 25.7. The number of imide groups is 1. The molecule has 3 aliphatic rings. The van der Waals surface area contributed by atoms with Crippen molar-refractivity contribution in [1.29, 1.82) is 0 Å². The predicted octanol–water partition coefficient (Wildman–Crippen LogP) is 4.89. The summed E-state index contributed by atoms with van der Waals surface area (Å²) in [6.45, 7) is 1.72. The smallest absolute Gasteiger partial charge is 0.338 e. The number of piperazine rings is 1. The zero-order valence-electron chi connectivity index (χ0n) is 24.4. The Bertz CT molecular complexity index is 1830. The van der Waals surface area contributed by atoms with Gasteiger partial charge in [0.05, 0.1) is 29.4 Å². The molecule has 0 spiro atoms. The number of halogens is 1. The number of anilines is 2. The van der Waals surface area contributed by atoms with Crippen LogP contribution < -0.4 is 9.80 Å². The normalized spacial score (nSPS) is 17.8. The Morgan fingerprint density at radius 3 is 2.24 bits per heavy atom. The van der Waals surface area contributed by atoms with E-state index in [0.717, 1.165) is 22.4 Å². The number of hydrogen-bond donors (Lipinski definition) is 0. The van der Waals surface area contributed by atoms with Crippen molar-refractivity contribution in [3.63, 3.8) is 0 Å². The molecule has 9 heteroatoms. The molecule has 2 fully saturated rings. The van der Waals surface area contributed by atoms with Gasteiger partial charge in [-0.25, -0.2) is 14.1 Å². The second-order valence-electron chi connectivity index (χ2n) is 11.5.